The number of rotatable bonds is 1. The monoisotopic (exact) mass is 199 g/mol. The van der Waals surface area contributed by atoms with Crippen LogP contribution in [0.15, 0.2) is 30.3 Å². The fourth-order valence-electron chi connectivity index (χ4n) is 1.97. The molecule has 0 fully saturated rings. The van der Waals surface area contributed by atoms with Gasteiger partial charge in [0.15, 0.2) is 0 Å². The van der Waals surface area contributed by atoms with Gasteiger partial charge >= 0.3 is 0 Å². The molecule has 1 nitrogen and oxygen atoms in total. The molecular weight excluding hydrogens is 182 g/mol. The van der Waals surface area contributed by atoms with Gasteiger partial charge in [-0.15, -0.1) is 0 Å². The molecule has 15 heavy (non-hydrogen) atoms. The van der Waals surface area contributed by atoms with Crippen molar-refractivity contribution in [3.8, 4) is 0 Å². The van der Waals surface area contributed by atoms with Crippen LogP contribution in [0.5, 0.6) is 0 Å². The number of hydrogen-bond acceptors (Lipinski definition) is 1. The molecule has 2 rings (SSSR count). The molecule has 1 atom stereocenters. The summed E-state index contributed by atoms with van der Waals surface area (Å²) >= 11 is 0. The number of hydrogen-bond donors (Lipinski definition) is 1. The molecule has 0 bridgehead atoms. The highest BCUT2D eigenvalue weighted by atomic mass is 14.6. The second-order valence-corrected chi connectivity index (χ2v) is 4.29. The molecule has 0 amide bonds. The van der Waals surface area contributed by atoms with Crippen LogP contribution in [0.3, 0.4) is 0 Å². The lowest BCUT2D eigenvalue weighted by molar-refractivity contribution is 0.826. The molecule has 0 spiro atoms. The van der Waals surface area contributed by atoms with E-state index < -0.39 is 0 Å². The van der Waals surface area contributed by atoms with Crippen LogP contribution in [-0.2, 0) is 0 Å². The highest BCUT2D eigenvalue weighted by molar-refractivity contribution is 5.87. The standard InChI is InChI=1S/C14H17N/c1-9-7-12-5-4-6-13(11(3)15)14(12)8-10(9)2/h4-8,11H,15H2,1-3H3/t11-/m0/s1. The van der Waals surface area contributed by atoms with E-state index >= 15 is 0 Å². The molecule has 0 radical (unpaired) electrons. The van der Waals surface area contributed by atoms with Crippen LogP contribution in [-0.4, -0.2) is 0 Å². The maximum atomic E-state index is 5.97. The molecule has 0 heterocycles. The van der Waals surface area contributed by atoms with Crippen LogP contribution in [0.1, 0.15) is 29.7 Å². The van der Waals surface area contributed by atoms with Crippen LogP contribution in [0.25, 0.3) is 10.8 Å². The Morgan fingerprint density at radius 1 is 1.07 bits per heavy atom. The Bertz CT molecular complexity index is 498. The summed E-state index contributed by atoms with van der Waals surface area (Å²) in [7, 11) is 0. The minimum Gasteiger partial charge on any atom is -0.324 e. The number of nitrogens with two attached hydrogens (primary N) is 1. The van der Waals surface area contributed by atoms with Gasteiger partial charge in [0.1, 0.15) is 0 Å². The molecule has 0 aromatic heterocycles. The van der Waals surface area contributed by atoms with Crippen molar-refractivity contribution in [3.63, 3.8) is 0 Å². The Morgan fingerprint density at radius 2 is 1.73 bits per heavy atom. The van der Waals surface area contributed by atoms with Crippen molar-refractivity contribution >= 4 is 10.8 Å². The van der Waals surface area contributed by atoms with Crippen molar-refractivity contribution in [2.75, 3.05) is 0 Å². The van der Waals surface area contributed by atoms with E-state index in [1.807, 2.05) is 6.92 Å². The van der Waals surface area contributed by atoms with Gasteiger partial charge in [-0.2, -0.15) is 0 Å². The molecule has 0 saturated heterocycles. The van der Waals surface area contributed by atoms with Crippen molar-refractivity contribution in [2.45, 2.75) is 26.8 Å². The van der Waals surface area contributed by atoms with Gasteiger partial charge in [0.25, 0.3) is 0 Å². The normalized spacial score (nSPS) is 13.1. The molecular formula is C14H17N. The van der Waals surface area contributed by atoms with Crippen molar-refractivity contribution in [1.82, 2.24) is 0 Å². The topological polar surface area (TPSA) is 26.0 Å². The zero-order valence-corrected chi connectivity index (χ0v) is 9.54. The number of fused-ring (bicyclic) bond motifs is 1. The second kappa shape index (κ2) is 3.67. The predicted molar refractivity (Wildman–Crippen MR) is 66.0 cm³/mol. The Hall–Kier alpha value is -1.34. The van der Waals surface area contributed by atoms with Crippen LogP contribution in [0, 0.1) is 13.8 Å². The Kier molecular flexibility index (Phi) is 2.49. The molecule has 2 N–H and O–H groups in total. The number of aryl methyl sites for hydroxylation is 2. The van der Waals surface area contributed by atoms with Gasteiger partial charge in [0.05, 0.1) is 0 Å². The second-order valence-electron chi connectivity index (χ2n) is 4.29. The van der Waals surface area contributed by atoms with Crippen LogP contribution in [0.2, 0.25) is 0 Å². The first-order valence-corrected chi connectivity index (χ1v) is 5.35. The van der Waals surface area contributed by atoms with Gasteiger partial charge in [-0.3, -0.25) is 0 Å². The minimum absolute atomic E-state index is 0.0933. The predicted octanol–water partition coefficient (Wildman–Crippen LogP) is 3.48. The summed E-state index contributed by atoms with van der Waals surface area (Å²) < 4.78 is 0. The fourth-order valence-corrected chi connectivity index (χ4v) is 1.97. The zero-order chi connectivity index (χ0) is 11.0. The maximum absolute atomic E-state index is 5.97. The quantitative estimate of drug-likeness (QED) is 0.747. The average molecular weight is 199 g/mol. The van der Waals surface area contributed by atoms with Gasteiger partial charge in [-0.05, 0) is 48.2 Å². The molecule has 2 aromatic carbocycles. The van der Waals surface area contributed by atoms with Crippen LogP contribution in [0.4, 0.5) is 0 Å². The van der Waals surface area contributed by atoms with E-state index in [1.54, 1.807) is 0 Å². The van der Waals surface area contributed by atoms with Crippen LogP contribution >= 0.6 is 0 Å². The molecule has 1 heteroatoms. The third-order valence-corrected chi connectivity index (χ3v) is 3.02. The smallest absolute Gasteiger partial charge is 0.0272 e. The highest BCUT2D eigenvalue weighted by Gasteiger charge is 2.06. The van der Waals surface area contributed by atoms with Crippen molar-refractivity contribution in [2.24, 2.45) is 5.73 Å². The van der Waals surface area contributed by atoms with Gasteiger partial charge in [0.2, 0.25) is 0 Å². The summed E-state index contributed by atoms with van der Waals surface area (Å²) in [5, 5.41) is 2.57. The fraction of sp³-hybridized carbons (Fsp3) is 0.286. The van der Waals surface area contributed by atoms with Crippen molar-refractivity contribution in [3.05, 3.63) is 47.0 Å². The molecule has 2 aromatic rings. The average Bonchev–Trinajstić information content (AvgIpc) is 2.18. The molecule has 0 aliphatic rings. The van der Waals surface area contributed by atoms with E-state index in [4.69, 9.17) is 5.73 Å². The van der Waals surface area contributed by atoms with E-state index in [1.165, 1.54) is 27.5 Å². The minimum atomic E-state index is 0.0933. The SMILES string of the molecule is Cc1cc2cccc([C@H](C)N)c2cc1C. The van der Waals surface area contributed by atoms with E-state index in [0.717, 1.165) is 0 Å². The number of benzene rings is 2. The van der Waals surface area contributed by atoms with Gasteiger partial charge < -0.3 is 5.73 Å². The molecule has 0 unspecified atom stereocenters. The summed E-state index contributed by atoms with van der Waals surface area (Å²) in [6.07, 6.45) is 0. The third-order valence-electron chi connectivity index (χ3n) is 3.02. The third kappa shape index (κ3) is 1.75. The molecule has 78 valence electrons. The van der Waals surface area contributed by atoms with E-state index in [2.05, 4.69) is 44.2 Å². The lowest BCUT2D eigenvalue weighted by Crippen LogP contribution is -2.05. The van der Waals surface area contributed by atoms with E-state index in [-0.39, 0.29) is 6.04 Å². The first-order valence-electron chi connectivity index (χ1n) is 5.35. The van der Waals surface area contributed by atoms with Gasteiger partial charge in [0, 0.05) is 6.04 Å². The largest absolute Gasteiger partial charge is 0.324 e. The van der Waals surface area contributed by atoms with E-state index in [9.17, 15) is 0 Å². The molecule has 0 aliphatic carbocycles. The van der Waals surface area contributed by atoms with Crippen molar-refractivity contribution in [1.29, 1.82) is 0 Å². The van der Waals surface area contributed by atoms with Crippen LogP contribution < -0.4 is 5.73 Å². The summed E-state index contributed by atoms with van der Waals surface area (Å²) in [4.78, 5) is 0. The summed E-state index contributed by atoms with van der Waals surface area (Å²) in [6, 6.07) is 10.9. The summed E-state index contributed by atoms with van der Waals surface area (Å²) in [5.74, 6) is 0. The van der Waals surface area contributed by atoms with Gasteiger partial charge in [-0.1, -0.05) is 30.3 Å². The Morgan fingerprint density at radius 3 is 2.40 bits per heavy atom. The maximum Gasteiger partial charge on any atom is 0.0272 e. The zero-order valence-electron chi connectivity index (χ0n) is 9.54. The first-order chi connectivity index (χ1) is 7.09. The summed E-state index contributed by atoms with van der Waals surface area (Å²) in [6.45, 7) is 6.32. The first kappa shape index (κ1) is 10.2. The lowest BCUT2D eigenvalue weighted by atomic mass is 9.96. The summed E-state index contributed by atoms with van der Waals surface area (Å²) in [5.41, 5.74) is 9.87. The Labute approximate surface area is 90.9 Å². The lowest BCUT2D eigenvalue weighted by Gasteiger charge is -2.11. The Balaban J connectivity index is 2.80. The van der Waals surface area contributed by atoms with Gasteiger partial charge in [-0.25, -0.2) is 0 Å². The highest BCUT2D eigenvalue weighted by Crippen LogP contribution is 2.25. The molecule has 0 aliphatic heterocycles. The van der Waals surface area contributed by atoms with E-state index in [0.29, 0.717) is 0 Å². The molecule has 0 saturated carbocycles. The van der Waals surface area contributed by atoms with Crippen molar-refractivity contribution < 1.29 is 0 Å².